The molecule has 0 bridgehead atoms. The molecule has 1 saturated carbocycles. The number of imidazole rings is 1. The average Bonchev–Trinajstić information content (AvgIpc) is 3.08. The second-order valence-corrected chi connectivity index (χ2v) is 4.82. The fraction of sp³-hybridized carbons (Fsp3) is 0.417. The van der Waals surface area contributed by atoms with E-state index in [1.807, 2.05) is 10.8 Å². The van der Waals surface area contributed by atoms with Crippen LogP contribution in [0.4, 0.5) is 5.82 Å². The van der Waals surface area contributed by atoms with Gasteiger partial charge >= 0.3 is 0 Å². The van der Waals surface area contributed by atoms with Crippen molar-refractivity contribution in [3.63, 3.8) is 0 Å². The maximum absolute atomic E-state index is 5.99. The Bertz CT molecular complexity index is 521. The van der Waals surface area contributed by atoms with Gasteiger partial charge in [-0.15, -0.1) is 0 Å². The SMILES string of the molecule is Clc1cc(NCCn2ccnc2)nc(C2CC2)n1. The average molecular weight is 264 g/mol. The quantitative estimate of drug-likeness (QED) is 0.841. The molecule has 0 spiro atoms. The Hall–Kier alpha value is -1.62. The Balaban J connectivity index is 1.61. The van der Waals surface area contributed by atoms with Crippen molar-refractivity contribution < 1.29 is 0 Å². The molecule has 0 saturated heterocycles. The monoisotopic (exact) mass is 263 g/mol. The van der Waals surface area contributed by atoms with Crippen molar-refractivity contribution in [2.24, 2.45) is 0 Å². The largest absolute Gasteiger partial charge is 0.368 e. The van der Waals surface area contributed by atoms with Crippen molar-refractivity contribution in [2.45, 2.75) is 25.3 Å². The molecule has 2 heterocycles. The summed E-state index contributed by atoms with van der Waals surface area (Å²) in [6, 6.07) is 1.77. The van der Waals surface area contributed by atoms with Crippen molar-refractivity contribution in [1.29, 1.82) is 0 Å². The van der Waals surface area contributed by atoms with Gasteiger partial charge in [-0.05, 0) is 12.8 Å². The van der Waals surface area contributed by atoms with E-state index in [-0.39, 0.29) is 0 Å². The minimum Gasteiger partial charge on any atom is -0.368 e. The fourth-order valence-electron chi connectivity index (χ4n) is 1.78. The third-order valence-electron chi connectivity index (χ3n) is 2.89. The highest BCUT2D eigenvalue weighted by Crippen LogP contribution is 2.38. The van der Waals surface area contributed by atoms with Crippen LogP contribution in [0.2, 0.25) is 5.15 Å². The van der Waals surface area contributed by atoms with Crippen LogP contribution in [0.15, 0.2) is 24.8 Å². The summed E-state index contributed by atoms with van der Waals surface area (Å²) in [7, 11) is 0. The smallest absolute Gasteiger partial charge is 0.135 e. The molecule has 0 unspecified atom stereocenters. The van der Waals surface area contributed by atoms with Gasteiger partial charge in [-0.25, -0.2) is 15.0 Å². The molecule has 6 heteroatoms. The lowest BCUT2D eigenvalue weighted by molar-refractivity contribution is 0.724. The Morgan fingerprint density at radius 3 is 3.00 bits per heavy atom. The highest BCUT2D eigenvalue weighted by atomic mass is 35.5. The summed E-state index contributed by atoms with van der Waals surface area (Å²) in [5, 5.41) is 3.77. The van der Waals surface area contributed by atoms with Gasteiger partial charge in [-0.2, -0.15) is 0 Å². The lowest BCUT2D eigenvalue weighted by atomic mass is 10.4. The van der Waals surface area contributed by atoms with Gasteiger partial charge in [-0.1, -0.05) is 11.6 Å². The van der Waals surface area contributed by atoms with E-state index in [1.165, 1.54) is 12.8 Å². The summed E-state index contributed by atoms with van der Waals surface area (Å²) in [5.41, 5.74) is 0. The van der Waals surface area contributed by atoms with Gasteiger partial charge < -0.3 is 9.88 Å². The first-order valence-electron chi connectivity index (χ1n) is 6.05. The second-order valence-electron chi connectivity index (χ2n) is 4.44. The maximum Gasteiger partial charge on any atom is 0.135 e. The fourth-order valence-corrected chi connectivity index (χ4v) is 1.97. The normalized spacial score (nSPS) is 14.7. The van der Waals surface area contributed by atoms with E-state index in [9.17, 15) is 0 Å². The maximum atomic E-state index is 5.99. The molecule has 1 aliphatic carbocycles. The molecule has 0 radical (unpaired) electrons. The van der Waals surface area contributed by atoms with Gasteiger partial charge in [0.15, 0.2) is 0 Å². The van der Waals surface area contributed by atoms with Gasteiger partial charge in [0.05, 0.1) is 6.33 Å². The van der Waals surface area contributed by atoms with E-state index < -0.39 is 0 Å². The molecule has 0 atom stereocenters. The zero-order valence-electron chi connectivity index (χ0n) is 9.88. The zero-order valence-corrected chi connectivity index (χ0v) is 10.6. The van der Waals surface area contributed by atoms with Gasteiger partial charge in [0.2, 0.25) is 0 Å². The molecule has 2 aromatic rings. The number of nitrogens with one attached hydrogen (secondary N) is 1. The van der Waals surface area contributed by atoms with Gasteiger partial charge in [0.25, 0.3) is 0 Å². The van der Waals surface area contributed by atoms with Crippen molar-refractivity contribution >= 4 is 17.4 Å². The third kappa shape index (κ3) is 2.79. The van der Waals surface area contributed by atoms with Crippen LogP contribution in [-0.2, 0) is 6.54 Å². The number of aromatic nitrogens is 4. The van der Waals surface area contributed by atoms with Gasteiger partial charge in [0.1, 0.15) is 16.8 Å². The third-order valence-corrected chi connectivity index (χ3v) is 3.08. The number of nitrogens with zero attached hydrogens (tertiary/aromatic N) is 4. The first-order valence-corrected chi connectivity index (χ1v) is 6.43. The summed E-state index contributed by atoms with van der Waals surface area (Å²) in [5.74, 6) is 2.18. The molecule has 5 nitrogen and oxygen atoms in total. The summed E-state index contributed by atoms with van der Waals surface area (Å²) < 4.78 is 2.01. The summed E-state index contributed by atoms with van der Waals surface area (Å²) in [6.45, 7) is 1.63. The molecule has 1 aliphatic rings. The van der Waals surface area contributed by atoms with E-state index in [0.29, 0.717) is 11.1 Å². The summed E-state index contributed by atoms with van der Waals surface area (Å²) >= 11 is 5.99. The molecule has 2 aromatic heterocycles. The molecule has 1 N–H and O–H groups in total. The highest BCUT2D eigenvalue weighted by molar-refractivity contribution is 6.29. The molecule has 3 rings (SSSR count). The Kier molecular flexibility index (Phi) is 3.15. The summed E-state index contributed by atoms with van der Waals surface area (Å²) in [6.07, 6.45) is 7.85. The van der Waals surface area contributed by atoms with Crippen molar-refractivity contribution in [3.05, 3.63) is 35.8 Å². The molecule has 94 valence electrons. The molecule has 1 fully saturated rings. The Morgan fingerprint density at radius 1 is 1.39 bits per heavy atom. The molecule has 0 amide bonds. The highest BCUT2D eigenvalue weighted by Gasteiger charge is 2.27. The van der Waals surface area contributed by atoms with Crippen LogP contribution in [0.1, 0.15) is 24.6 Å². The van der Waals surface area contributed by atoms with Gasteiger partial charge in [-0.3, -0.25) is 0 Å². The summed E-state index contributed by atoms with van der Waals surface area (Å²) in [4.78, 5) is 12.7. The topological polar surface area (TPSA) is 55.6 Å². The molecular weight excluding hydrogens is 250 g/mol. The first kappa shape index (κ1) is 11.5. The number of hydrogen-bond donors (Lipinski definition) is 1. The van der Waals surface area contributed by atoms with E-state index in [0.717, 1.165) is 24.7 Å². The number of hydrogen-bond acceptors (Lipinski definition) is 4. The van der Waals surface area contributed by atoms with Crippen molar-refractivity contribution in [3.8, 4) is 0 Å². The van der Waals surface area contributed by atoms with E-state index >= 15 is 0 Å². The van der Waals surface area contributed by atoms with E-state index in [2.05, 4.69) is 20.3 Å². The Morgan fingerprint density at radius 2 is 2.28 bits per heavy atom. The van der Waals surface area contributed by atoms with E-state index in [4.69, 9.17) is 11.6 Å². The van der Waals surface area contributed by atoms with Crippen LogP contribution in [0.5, 0.6) is 0 Å². The van der Waals surface area contributed by atoms with Crippen LogP contribution in [0.3, 0.4) is 0 Å². The standard InChI is InChI=1S/C12H14ClN5/c13-10-7-11(17-12(16-10)9-1-2-9)15-4-6-18-5-3-14-8-18/h3,5,7-9H,1-2,4,6H2,(H,15,16,17). The van der Waals surface area contributed by atoms with Crippen LogP contribution >= 0.6 is 11.6 Å². The predicted molar refractivity (Wildman–Crippen MR) is 69.7 cm³/mol. The molecule has 0 aliphatic heterocycles. The van der Waals surface area contributed by atoms with Gasteiger partial charge in [0, 0.05) is 37.5 Å². The number of rotatable bonds is 5. The number of halogens is 1. The number of anilines is 1. The van der Waals surface area contributed by atoms with Crippen LogP contribution < -0.4 is 5.32 Å². The minimum atomic E-state index is 0.511. The van der Waals surface area contributed by atoms with Crippen LogP contribution in [0, 0.1) is 0 Å². The molecular formula is C12H14ClN5. The van der Waals surface area contributed by atoms with Crippen molar-refractivity contribution in [1.82, 2.24) is 19.5 Å². The van der Waals surface area contributed by atoms with Crippen LogP contribution in [0.25, 0.3) is 0 Å². The first-order chi connectivity index (χ1) is 8.81. The van der Waals surface area contributed by atoms with Crippen molar-refractivity contribution in [2.75, 3.05) is 11.9 Å². The molecule has 18 heavy (non-hydrogen) atoms. The minimum absolute atomic E-state index is 0.511. The lowest BCUT2D eigenvalue weighted by Crippen LogP contribution is -2.11. The predicted octanol–water partition coefficient (Wildman–Crippen LogP) is 2.32. The lowest BCUT2D eigenvalue weighted by Gasteiger charge is -2.08. The Labute approximate surface area is 110 Å². The zero-order chi connectivity index (χ0) is 12.4. The van der Waals surface area contributed by atoms with Crippen LogP contribution in [-0.4, -0.2) is 26.1 Å². The molecule has 0 aromatic carbocycles. The van der Waals surface area contributed by atoms with E-state index in [1.54, 1.807) is 18.6 Å². The second kappa shape index (κ2) is 4.94.